The Balaban J connectivity index is 2.26. The van der Waals surface area contributed by atoms with E-state index in [1.54, 1.807) is 6.20 Å². The third-order valence-corrected chi connectivity index (χ3v) is 5.62. The van der Waals surface area contributed by atoms with E-state index in [2.05, 4.69) is 20.9 Å². The summed E-state index contributed by atoms with van der Waals surface area (Å²) in [7, 11) is 0. The minimum atomic E-state index is -1.31. The van der Waals surface area contributed by atoms with Gasteiger partial charge in [0, 0.05) is 23.5 Å². The molecule has 0 fully saturated rings. The molecule has 2 rings (SSSR count). The molecule has 3 atom stereocenters. The summed E-state index contributed by atoms with van der Waals surface area (Å²) < 4.78 is 0. The molecular formula is C21H29N5O6S. The van der Waals surface area contributed by atoms with Crippen LogP contribution in [0.5, 0.6) is 0 Å². The molecule has 33 heavy (non-hydrogen) atoms. The summed E-state index contributed by atoms with van der Waals surface area (Å²) >= 11 is 1.45. The predicted molar refractivity (Wildman–Crippen MR) is 125 cm³/mol. The van der Waals surface area contributed by atoms with Gasteiger partial charge >= 0.3 is 5.97 Å². The molecule has 2 aromatic rings. The Labute approximate surface area is 194 Å². The fraction of sp³-hybridized carbons (Fsp3) is 0.429. The molecule has 3 amide bonds. The number of para-hydroxylation sites is 1. The number of carbonyl (C=O) groups is 4. The Hall–Kier alpha value is -3.09. The van der Waals surface area contributed by atoms with Gasteiger partial charge < -0.3 is 36.9 Å². The van der Waals surface area contributed by atoms with Gasteiger partial charge in [-0.1, -0.05) is 18.2 Å². The minimum absolute atomic E-state index is 0.0550. The maximum Gasteiger partial charge on any atom is 0.326 e. The Morgan fingerprint density at radius 1 is 1.06 bits per heavy atom. The highest BCUT2D eigenvalue weighted by Crippen LogP contribution is 2.19. The van der Waals surface area contributed by atoms with Crippen LogP contribution in [0.25, 0.3) is 10.9 Å². The van der Waals surface area contributed by atoms with Gasteiger partial charge in [-0.15, -0.1) is 0 Å². The molecule has 0 bridgehead atoms. The summed E-state index contributed by atoms with van der Waals surface area (Å²) in [6, 6.07) is 3.80. The van der Waals surface area contributed by atoms with E-state index in [1.165, 1.54) is 11.8 Å². The molecule has 11 nitrogen and oxygen atoms in total. The van der Waals surface area contributed by atoms with Crippen LogP contribution in [-0.2, 0) is 25.6 Å². The van der Waals surface area contributed by atoms with Crippen molar-refractivity contribution in [1.82, 2.24) is 20.9 Å². The third kappa shape index (κ3) is 7.48. The highest BCUT2D eigenvalue weighted by Gasteiger charge is 2.30. The number of carbonyl (C=O) groups excluding carboxylic acids is 3. The van der Waals surface area contributed by atoms with E-state index in [0.29, 0.717) is 5.75 Å². The SMILES string of the molecule is CSCCC(NC(=O)C(Cc1c[nH]c2ccccc12)NC(=O)C(CO)NC(=O)CN)C(=O)O. The topological polar surface area (TPSA) is 187 Å². The number of hydrogen-bond acceptors (Lipinski definition) is 7. The van der Waals surface area contributed by atoms with Gasteiger partial charge in [0.1, 0.15) is 18.1 Å². The number of aromatic nitrogens is 1. The number of benzene rings is 1. The summed E-state index contributed by atoms with van der Waals surface area (Å²) in [5.74, 6) is -2.80. The number of fused-ring (bicyclic) bond motifs is 1. The zero-order valence-electron chi connectivity index (χ0n) is 18.2. The number of rotatable bonds is 13. The highest BCUT2D eigenvalue weighted by atomic mass is 32.2. The third-order valence-electron chi connectivity index (χ3n) is 4.98. The fourth-order valence-corrected chi connectivity index (χ4v) is 3.69. The van der Waals surface area contributed by atoms with Gasteiger partial charge in [0.05, 0.1) is 13.2 Å². The minimum Gasteiger partial charge on any atom is -0.480 e. The molecule has 180 valence electrons. The molecular weight excluding hydrogens is 450 g/mol. The van der Waals surface area contributed by atoms with Crippen molar-refractivity contribution < 1.29 is 29.4 Å². The second kappa shape index (κ2) is 12.8. The number of thioether (sulfide) groups is 1. The van der Waals surface area contributed by atoms with Crippen LogP contribution < -0.4 is 21.7 Å². The number of aliphatic hydroxyl groups is 1. The van der Waals surface area contributed by atoms with Crippen LogP contribution in [0.15, 0.2) is 30.5 Å². The van der Waals surface area contributed by atoms with Crippen molar-refractivity contribution >= 4 is 46.4 Å². The lowest BCUT2D eigenvalue weighted by Gasteiger charge is -2.23. The van der Waals surface area contributed by atoms with Gasteiger partial charge in [-0.3, -0.25) is 14.4 Å². The van der Waals surface area contributed by atoms with Gasteiger partial charge in [-0.25, -0.2) is 4.79 Å². The van der Waals surface area contributed by atoms with Gasteiger partial charge in [0.2, 0.25) is 17.7 Å². The van der Waals surface area contributed by atoms with E-state index in [0.717, 1.165) is 16.5 Å². The Morgan fingerprint density at radius 3 is 2.36 bits per heavy atom. The largest absolute Gasteiger partial charge is 0.480 e. The predicted octanol–water partition coefficient (Wildman–Crippen LogP) is -1.05. The number of aliphatic carboxylic acids is 1. The molecule has 0 radical (unpaired) electrons. The van der Waals surface area contributed by atoms with Gasteiger partial charge in [0.25, 0.3) is 0 Å². The average Bonchev–Trinajstić information content (AvgIpc) is 3.21. The normalized spacial score (nSPS) is 13.7. The summed E-state index contributed by atoms with van der Waals surface area (Å²) in [5, 5.41) is 27.1. The van der Waals surface area contributed by atoms with E-state index in [4.69, 9.17) is 5.73 Å². The summed E-state index contributed by atoms with van der Waals surface area (Å²) in [6.07, 6.45) is 3.80. The first-order valence-corrected chi connectivity index (χ1v) is 11.7. The average molecular weight is 480 g/mol. The van der Waals surface area contributed by atoms with Gasteiger partial charge in [-0.05, 0) is 30.1 Å². The van der Waals surface area contributed by atoms with Crippen LogP contribution in [-0.4, -0.2) is 82.2 Å². The number of H-pyrrole nitrogens is 1. The van der Waals surface area contributed by atoms with E-state index in [9.17, 15) is 29.4 Å². The Morgan fingerprint density at radius 2 is 1.73 bits per heavy atom. The maximum absolute atomic E-state index is 13.0. The zero-order valence-corrected chi connectivity index (χ0v) is 19.0. The molecule has 0 aliphatic heterocycles. The van der Waals surface area contributed by atoms with Crippen molar-refractivity contribution in [2.24, 2.45) is 5.73 Å². The molecule has 1 aromatic heterocycles. The van der Waals surface area contributed by atoms with E-state index >= 15 is 0 Å². The fourth-order valence-electron chi connectivity index (χ4n) is 3.21. The van der Waals surface area contributed by atoms with Crippen molar-refractivity contribution in [2.45, 2.75) is 31.0 Å². The molecule has 8 N–H and O–H groups in total. The van der Waals surface area contributed by atoms with Crippen molar-refractivity contribution in [3.63, 3.8) is 0 Å². The number of amides is 3. The van der Waals surface area contributed by atoms with Crippen LogP contribution in [0.3, 0.4) is 0 Å². The summed E-state index contributed by atoms with van der Waals surface area (Å²) in [6.45, 7) is -1.08. The van der Waals surface area contributed by atoms with E-state index < -0.39 is 48.4 Å². The lowest BCUT2D eigenvalue weighted by atomic mass is 10.0. The zero-order chi connectivity index (χ0) is 24.4. The van der Waals surface area contributed by atoms with Crippen molar-refractivity contribution in [1.29, 1.82) is 0 Å². The first kappa shape index (κ1) is 26.2. The first-order valence-electron chi connectivity index (χ1n) is 10.3. The van der Waals surface area contributed by atoms with E-state index in [1.807, 2.05) is 30.5 Å². The van der Waals surface area contributed by atoms with Crippen molar-refractivity contribution in [3.8, 4) is 0 Å². The Bertz CT molecular complexity index is 981. The molecule has 0 spiro atoms. The number of carboxylic acids is 1. The molecule has 0 aliphatic rings. The number of aliphatic hydroxyl groups excluding tert-OH is 1. The van der Waals surface area contributed by atoms with Crippen LogP contribution in [0.1, 0.15) is 12.0 Å². The van der Waals surface area contributed by atoms with E-state index in [-0.39, 0.29) is 19.4 Å². The number of nitrogens with one attached hydrogen (secondary N) is 4. The second-order valence-corrected chi connectivity index (χ2v) is 8.30. The maximum atomic E-state index is 13.0. The lowest BCUT2D eigenvalue weighted by molar-refractivity contribution is -0.142. The number of carboxylic acid groups (broad SMARTS) is 1. The highest BCUT2D eigenvalue weighted by molar-refractivity contribution is 7.98. The second-order valence-electron chi connectivity index (χ2n) is 7.31. The van der Waals surface area contributed by atoms with Crippen LogP contribution in [0.2, 0.25) is 0 Å². The van der Waals surface area contributed by atoms with Gasteiger partial charge in [-0.2, -0.15) is 11.8 Å². The molecule has 3 unspecified atom stereocenters. The summed E-state index contributed by atoms with van der Waals surface area (Å²) in [4.78, 5) is 51.9. The molecule has 1 aromatic carbocycles. The molecule has 0 aliphatic carbocycles. The first-order chi connectivity index (χ1) is 15.8. The van der Waals surface area contributed by atoms with Crippen molar-refractivity contribution in [2.75, 3.05) is 25.2 Å². The van der Waals surface area contributed by atoms with Crippen LogP contribution in [0, 0.1) is 0 Å². The number of aromatic amines is 1. The number of nitrogens with two attached hydrogens (primary N) is 1. The van der Waals surface area contributed by atoms with Crippen LogP contribution in [0.4, 0.5) is 0 Å². The molecule has 0 saturated carbocycles. The monoisotopic (exact) mass is 479 g/mol. The standard InChI is InChI=1S/C21H29N5O6S/c1-33-7-6-15(21(31)32)25-19(29)16(26-20(30)17(11-27)24-18(28)9-22)8-12-10-23-14-5-3-2-4-13(12)14/h2-5,10,15-17,23,27H,6-9,11,22H2,1H3,(H,24,28)(H,25,29)(H,26,30)(H,31,32). The Kier molecular flexibility index (Phi) is 10.2. The lowest BCUT2D eigenvalue weighted by Crippen LogP contribution is -2.57. The van der Waals surface area contributed by atoms with Crippen molar-refractivity contribution in [3.05, 3.63) is 36.0 Å². The number of hydrogen-bond donors (Lipinski definition) is 7. The summed E-state index contributed by atoms with van der Waals surface area (Å²) in [5.41, 5.74) is 6.81. The van der Waals surface area contributed by atoms with Gasteiger partial charge in [0.15, 0.2) is 0 Å². The molecule has 0 saturated heterocycles. The molecule has 12 heteroatoms. The van der Waals surface area contributed by atoms with Crippen LogP contribution >= 0.6 is 11.8 Å². The quantitative estimate of drug-likeness (QED) is 0.190. The molecule has 1 heterocycles. The smallest absolute Gasteiger partial charge is 0.326 e.